The first-order chi connectivity index (χ1) is 9.77. The van der Waals surface area contributed by atoms with E-state index < -0.39 is 0 Å². The van der Waals surface area contributed by atoms with Crippen molar-refractivity contribution in [3.63, 3.8) is 0 Å². The second-order valence-electron chi connectivity index (χ2n) is 5.22. The molecule has 1 aliphatic rings. The van der Waals surface area contributed by atoms with Crippen LogP contribution in [0.1, 0.15) is 36.1 Å². The predicted octanol–water partition coefficient (Wildman–Crippen LogP) is 3.46. The average molecular weight is 265 g/mol. The molecule has 0 spiro atoms. The van der Waals surface area contributed by atoms with Gasteiger partial charge in [-0.05, 0) is 24.0 Å². The van der Waals surface area contributed by atoms with E-state index in [1.54, 1.807) is 0 Å². The molecule has 0 bridgehead atoms. The lowest BCUT2D eigenvalue weighted by atomic mass is 10.0. The Bertz CT molecular complexity index is 532. The molecule has 3 rings (SSSR count). The van der Waals surface area contributed by atoms with Gasteiger partial charge < -0.3 is 10.6 Å². The lowest BCUT2D eigenvalue weighted by Gasteiger charge is -2.31. The fourth-order valence-corrected chi connectivity index (χ4v) is 3.15. The molecule has 0 radical (unpaired) electrons. The van der Waals surface area contributed by atoms with E-state index in [0.29, 0.717) is 0 Å². The normalized spacial score (nSPS) is 21.9. The summed E-state index contributed by atoms with van der Waals surface area (Å²) >= 11 is 0. The van der Waals surface area contributed by atoms with Crippen molar-refractivity contribution in [1.29, 1.82) is 5.41 Å². The molecule has 1 saturated heterocycles. The molecule has 0 aromatic heterocycles. The fourth-order valence-electron chi connectivity index (χ4n) is 3.15. The molecule has 1 heterocycles. The van der Waals surface area contributed by atoms with Crippen LogP contribution < -0.4 is 5.73 Å². The van der Waals surface area contributed by atoms with Crippen molar-refractivity contribution >= 4 is 5.96 Å². The van der Waals surface area contributed by atoms with E-state index in [2.05, 4.69) is 24.3 Å². The monoisotopic (exact) mass is 265 g/mol. The Morgan fingerprint density at radius 3 is 1.60 bits per heavy atom. The van der Waals surface area contributed by atoms with Crippen LogP contribution in [0.3, 0.4) is 0 Å². The number of benzene rings is 2. The number of hydrogen-bond acceptors (Lipinski definition) is 1. The highest BCUT2D eigenvalue weighted by molar-refractivity contribution is 5.76. The zero-order valence-electron chi connectivity index (χ0n) is 11.4. The van der Waals surface area contributed by atoms with Gasteiger partial charge in [0.25, 0.3) is 0 Å². The summed E-state index contributed by atoms with van der Waals surface area (Å²) in [5.41, 5.74) is 8.34. The van der Waals surface area contributed by atoms with Crippen LogP contribution in [0.2, 0.25) is 0 Å². The number of likely N-dealkylation sites (tertiary alicyclic amines) is 1. The summed E-state index contributed by atoms with van der Waals surface area (Å²) in [5.74, 6) is 0.158. The molecule has 3 nitrogen and oxygen atoms in total. The number of rotatable bonds is 2. The van der Waals surface area contributed by atoms with Gasteiger partial charge in [-0.2, -0.15) is 0 Å². The SMILES string of the molecule is N=C(N)N1C(c2ccccc2)CCC1c1ccccc1. The lowest BCUT2D eigenvalue weighted by Crippen LogP contribution is -2.37. The summed E-state index contributed by atoms with van der Waals surface area (Å²) in [6, 6.07) is 21.1. The van der Waals surface area contributed by atoms with E-state index in [1.807, 2.05) is 41.3 Å². The van der Waals surface area contributed by atoms with Gasteiger partial charge in [-0.15, -0.1) is 0 Å². The highest BCUT2D eigenvalue weighted by Gasteiger charge is 2.35. The van der Waals surface area contributed by atoms with Crippen LogP contribution in [0.4, 0.5) is 0 Å². The fraction of sp³-hybridized carbons (Fsp3) is 0.235. The van der Waals surface area contributed by atoms with Gasteiger partial charge in [0.1, 0.15) is 0 Å². The molecule has 3 N–H and O–H groups in total. The third kappa shape index (κ3) is 2.27. The van der Waals surface area contributed by atoms with Crippen LogP contribution in [-0.2, 0) is 0 Å². The highest BCUT2D eigenvalue weighted by Crippen LogP contribution is 2.43. The highest BCUT2D eigenvalue weighted by atomic mass is 15.3. The number of nitrogens with two attached hydrogens (primary N) is 1. The van der Waals surface area contributed by atoms with Gasteiger partial charge in [-0.3, -0.25) is 5.41 Å². The maximum absolute atomic E-state index is 7.95. The molecule has 1 aliphatic heterocycles. The third-order valence-electron chi connectivity index (χ3n) is 4.03. The lowest BCUT2D eigenvalue weighted by molar-refractivity contribution is 0.317. The molecular formula is C17H19N3. The summed E-state index contributed by atoms with van der Waals surface area (Å²) < 4.78 is 0. The molecule has 102 valence electrons. The number of nitrogens with zero attached hydrogens (tertiary/aromatic N) is 1. The minimum atomic E-state index is 0.158. The van der Waals surface area contributed by atoms with Crippen LogP contribution in [0, 0.1) is 5.41 Å². The standard InChI is InChI=1S/C17H19N3/c18-17(19)20-15(13-7-3-1-4-8-13)11-12-16(20)14-9-5-2-6-10-14/h1-10,15-16H,11-12H2,(H3,18,19). The predicted molar refractivity (Wildman–Crippen MR) is 81.4 cm³/mol. The second kappa shape index (κ2) is 5.37. The second-order valence-corrected chi connectivity index (χ2v) is 5.22. The van der Waals surface area contributed by atoms with Crippen LogP contribution >= 0.6 is 0 Å². The minimum absolute atomic E-state index is 0.158. The number of guanidine groups is 1. The van der Waals surface area contributed by atoms with Crippen molar-refractivity contribution in [1.82, 2.24) is 4.90 Å². The van der Waals surface area contributed by atoms with Crippen molar-refractivity contribution < 1.29 is 0 Å². The Hall–Kier alpha value is -2.29. The van der Waals surface area contributed by atoms with Crippen molar-refractivity contribution in [2.45, 2.75) is 24.9 Å². The molecule has 1 fully saturated rings. The molecule has 3 heteroatoms. The van der Waals surface area contributed by atoms with Crippen molar-refractivity contribution in [3.8, 4) is 0 Å². The Morgan fingerprint density at radius 2 is 1.25 bits per heavy atom. The van der Waals surface area contributed by atoms with Gasteiger partial charge in [0, 0.05) is 0 Å². The Morgan fingerprint density at radius 1 is 0.850 bits per heavy atom. The topological polar surface area (TPSA) is 53.1 Å². The van der Waals surface area contributed by atoms with Gasteiger partial charge in [0.15, 0.2) is 5.96 Å². The Balaban J connectivity index is 1.94. The van der Waals surface area contributed by atoms with Gasteiger partial charge in [0.05, 0.1) is 12.1 Å². The zero-order valence-corrected chi connectivity index (χ0v) is 11.4. The minimum Gasteiger partial charge on any atom is -0.370 e. The van der Waals surface area contributed by atoms with Crippen LogP contribution in [0.15, 0.2) is 60.7 Å². The Labute approximate surface area is 119 Å². The molecule has 0 saturated carbocycles. The Kier molecular flexibility index (Phi) is 3.42. The van der Waals surface area contributed by atoms with E-state index >= 15 is 0 Å². The molecule has 0 amide bonds. The molecular weight excluding hydrogens is 246 g/mol. The molecule has 2 aromatic rings. The van der Waals surface area contributed by atoms with Gasteiger partial charge in [-0.25, -0.2) is 0 Å². The van der Waals surface area contributed by atoms with Crippen molar-refractivity contribution in [2.24, 2.45) is 5.73 Å². The molecule has 20 heavy (non-hydrogen) atoms. The van der Waals surface area contributed by atoms with Gasteiger partial charge >= 0.3 is 0 Å². The maximum Gasteiger partial charge on any atom is 0.189 e. The molecule has 2 aromatic carbocycles. The van der Waals surface area contributed by atoms with E-state index in [-0.39, 0.29) is 18.0 Å². The van der Waals surface area contributed by atoms with E-state index in [0.717, 1.165) is 12.8 Å². The first-order valence-corrected chi connectivity index (χ1v) is 6.99. The van der Waals surface area contributed by atoms with E-state index in [1.165, 1.54) is 11.1 Å². The number of nitrogens with one attached hydrogen (secondary N) is 1. The van der Waals surface area contributed by atoms with Gasteiger partial charge in [0.2, 0.25) is 0 Å². The van der Waals surface area contributed by atoms with Crippen LogP contribution in [-0.4, -0.2) is 10.9 Å². The summed E-state index contributed by atoms with van der Waals surface area (Å²) in [7, 11) is 0. The van der Waals surface area contributed by atoms with E-state index in [4.69, 9.17) is 11.1 Å². The molecule has 2 atom stereocenters. The maximum atomic E-state index is 7.95. The van der Waals surface area contributed by atoms with Crippen molar-refractivity contribution in [2.75, 3.05) is 0 Å². The quantitative estimate of drug-likeness (QED) is 0.645. The van der Waals surface area contributed by atoms with Crippen molar-refractivity contribution in [3.05, 3.63) is 71.8 Å². The zero-order chi connectivity index (χ0) is 13.9. The van der Waals surface area contributed by atoms with Crippen LogP contribution in [0.25, 0.3) is 0 Å². The smallest absolute Gasteiger partial charge is 0.189 e. The third-order valence-corrected chi connectivity index (χ3v) is 4.03. The summed E-state index contributed by atoms with van der Waals surface area (Å²) in [4.78, 5) is 2.05. The first kappa shape index (κ1) is 12.7. The molecule has 2 unspecified atom stereocenters. The first-order valence-electron chi connectivity index (χ1n) is 6.99. The molecule has 0 aliphatic carbocycles. The van der Waals surface area contributed by atoms with Gasteiger partial charge in [-0.1, -0.05) is 60.7 Å². The summed E-state index contributed by atoms with van der Waals surface area (Å²) in [6.07, 6.45) is 2.06. The van der Waals surface area contributed by atoms with E-state index in [9.17, 15) is 0 Å². The summed E-state index contributed by atoms with van der Waals surface area (Å²) in [6.45, 7) is 0. The van der Waals surface area contributed by atoms with Crippen LogP contribution in [0.5, 0.6) is 0 Å². The summed E-state index contributed by atoms with van der Waals surface area (Å²) in [5, 5.41) is 7.95. The average Bonchev–Trinajstić information content (AvgIpc) is 2.94. The number of hydrogen-bond donors (Lipinski definition) is 2. The largest absolute Gasteiger partial charge is 0.370 e.